The van der Waals surface area contributed by atoms with Crippen LogP contribution in [-0.4, -0.2) is 40.1 Å². The van der Waals surface area contributed by atoms with E-state index in [1.165, 1.54) is 0 Å². The van der Waals surface area contributed by atoms with Gasteiger partial charge in [-0.05, 0) is 25.7 Å². The lowest BCUT2D eigenvalue weighted by molar-refractivity contribution is -0.132. The number of hydrogen-bond acceptors (Lipinski definition) is 3. The van der Waals surface area contributed by atoms with Crippen molar-refractivity contribution < 1.29 is 9.90 Å². The summed E-state index contributed by atoms with van der Waals surface area (Å²) >= 11 is 4.84. The van der Waals surface area contributed by atoms with Crippen LogP contribution in [-0.2, 0) is 4.79 Å². The molecular formula is C11H18N2O2S. The minimum absolute atomic E-state index is 0.00843. The highest BCUT2D eigenvalue weighted by Crippen LogP contribution is 2.38. The normalized spacial score (nSPS) is 34.9. The van der Waals surface area contributed by atoms with Gasteiger partial charge in [0.1, 0.15) is 0 Å². The maximum absolute atomic E-state index is 12.0. The van der Waals surface area contributed by atoms with Crippen molar-refractivity contribution in [2.45, 2.75) is 25.9 Å². The number of carbonyl (C=O) groups excluding carboxylic acids is 1. The number of nitrogens with two attached hydrogens (primary N) is 1. The first-order valence-corrected chi connectivity index (χ1v) is 6.17. The van der Waals surface area contributed by atoms with E-state index in [1.807, 2.05) is 4.90 Å². The SMILES string of the molecule is CC(C(=O)N1CC2CCC(O)C2C1)C(N)=S. The van der Waals surface area contributed by atoms with Gasteiger partial charge in [0.2, 0.25) is 5.91 Å². The number of thiocarbonyl (C=S) groups is 1. The van der Waals surface area contributed by atoms with Crippen LogP contribution in [0.3, 0.4) is 0 Å². The van der Waals surface area contributed by atoms with E-state index in [2.05, 4.69) is 0 Å². The zero-order chi connectivity index (χ0) is 11.9. The Bertz CT molecular complexity index is 321. The minimum Gasteiger partial charge on any atom is -0.393 e. The van der Waals surface area contributed by atoms with Crippen LogP contribution in [0.2, 0.25) is 0 Å². The first-order chi connectivity index (χ1) is 7.50. The molecule has 2 fully saturated rings. The summed E-state index contributed by atoms with van der Waals surface area (Å²) in [5, 5.41) is 9.76. The maximum atomic E-state index is 12.0. The summed E-state index contributed by atoms with van der Waals surface area (Å²) in [5.41, 5.74) is 5.48. The molecule has 1 heterocycles. The minimum atomic E-state index is -0.383. The van der Waals surface area contributed by atoms with Crippen LogP contribution >= 0.6 is 12.2 Å². The Kier molecular flexibility index (Phi) is 3.17. The topological polar surface area (TPSA) is 66.6 Å². The standard InChI is InChI=1S/C11H18N2O2S/c1-6(10(12)16)11(15)13-4-7-2-3-9(14)8(7)5-13/h6-9,14H,2-5H2,1H3,(H2,12,16). The lowest BCUT2D eigenvalue weighted by atomic mass is 10.00. The largest absolute Gasteiger partial charge is 0.393 e. The highest BCUT2D eigenvalue weighted by Gasteiger charge is 2.43. The molecule has 0 bridgehead atoms. The van der Waals surface area contributed by atoms with E-state index in [4.69, 9.17) is 18.0 Å². The second kappa shape index (κ2) is 4.30. The smallest absolute Gasteiger partial charge is 0.232 e. The molecule has 2 rings (SSSR count). The third kappa shape index (κ3) is 1.94. The third-order valence-corrected chi connectivity index (χ3v) is 4.28. The van der Waals surface area contributed by atoms with Gasteiger partial charge in [-0.2, -0.15) is 0 Å². The van der Waals surface area contributed by atoms with Gasteiger partial charge < -0.3 is 15.7 Å². The first-order valence-electron chi connectivity index (χ1n) is 5.77. The molecule has 4 unspecified atom stereocenters. The van der Waals surface area contributed by atoms with E-state index >= 15 is 0 Å². The lowest BCUT2D eigenvalue weighted by Crippen LogP contribution is -2.39. The Morgan fingerprint density at radius 2 is 2.19 bits per heavy atom. The average Bonchev–Trinajstić information content (AvgIpc) is 2.79. The molecule has 1 saturated carbocycles. The third-order valence-electron chi connectivity index (χ3n) is 3.93. The van der Waals surface area contributed by atoms with Gasteiger partial charge in [-0.15, -0.1) is 0 Å². The van der Waals surface area contributed by atoms with Crippen molar-refractivity contribution in [2.75, 3.05) is 13.1 Å². The van der Waals surface area contributed by atoms with Crippen LogP contribution in [0.4, 0.5) is 0 Å². The summed E-state index contributed by atoms with van der Waals surface area (Å²) in [6.07, 6.45) is 1.67. The van der Waals surface area contributed by atoms with Gasteiger partial charge in [-0.3, -0.25) is 4.79 Å². The Morgan fingerprint density at radius 3 is 2.75 bits per heavy atom. The molecule has 3 N–H and O–H groups in total. The molecule has 1 saturated heterocycles. The van der Waals surface area contributed by atoms with Crippen LogP contribution in [0.5, 0.6) is 0 Å². The number of carbonyl (C=O) groups is 1. The summed E-state index contributed by atoms with van der Waals surface area (Å²) in [6, 6.07) is 0. The summed E-state index contributed by atoms with van der Waals surface area (Å²) in [5.74, 6) is 0.361. The van der Waals surface area contributed by atoms with Crippen molar-refractivity contribution >= 4 is 23.1 Å². The monoisotopic (exact) mass is 242 g/mol. The van der Waals surface area contributed by atoms with Gasteiger partial charge >= 0.3 is 0 Å². The summed E-state index contributed by atoms with van der Waals surface area (Å²) < 4.78 is 0. The molecule has 0 radical (unpaired) electrons. The quantitative estimate of drug-likeness (QED) is 0.676. The molecule has 90 valence electrons. The molecule has 1 aliphatic carbocycles. The Hall–Kier alpha value is -0.680. The van der Waals surface area contributed by atoms with Gasteiger partial charge in [0.25, 0.3) is 0 Å². The van der Waals surface area contributed by atoms with Crippen LogP contribution in [0, 0.1) is 17.8 Å². The number of fused-ring (bicyclic) bond motifs is 1. The zero-order valence-corrected chi connectivity index (χ0v) is 10.2. The second-order valence-electron chi connectivity index (χ2n) is 4.94. The molecule has 16 heavy (non-hydrogen) atoms. The Morgan fingerprint density at radius 1 is 1.50 bits per heavy atom. The summed E-state index contributed by atoms with van der Waals surface area (Å²) in [4.78, 5) is 14.1. The van der Waals surface area contributed by atoms with Crippen molar-refractivity contribution in [1.29, 1.82) is 0 Å². The van der Waals surface area contributed by atoms with Crippen LogP contribution in [0.15, 0.2) is 0 Å². The Balaban J connectivity index is 1.99. The first kappa shape index (κ1) is 11.8. The fraction of sp³-hybridized carbons (Fsp3) is 0.818. The molecule has 1 amide bonds. The van der Waals surface area contributed by atoms with Crippen LogP contribution < -0.4 is 5.73 Å². The number of aliphatic hydroxyl groups is 1. The molecule has 0 aromatic rings. The Labute approximate surface area is 101 Å². The summed E-state index contributed by atoms with van der Waals surface area (Å²) in [6.45, 7) is 3.17. The van der Waals surface area contributed by atoms with Crippen LogP contribution in [0.1, 0.15) is 19.8 Å². The zero-order valence-electron chi connectivity index (χ0n) is 9.43. The van der Waals surface area contributed by atoms with Crippen molar-refractivity contribution in [1.82, 2.24) is 4.90 Å². The van der Waals surface area contributed by atoms with Gasteiger partial charge in [0.05, 0.1) is 17.0 Å². The van der Waals surface area contributed by atoms with Crippen molar-refractivity contribution in [3.8, 4) is 0 Å². The van der Waals surface area contributed by atoms with E-state index in [0.29, 0.717) is 12.5 Å². The van der Waals surface area contributed by atoms with E-state index in [0.717, 1.165) is 19.4 Å². The van der Waals surface area contributed by atoms with E-state index in [1.54, 1.807) is 6.92 Å². The molecule has 0 aromatic carbocycles. The lowest BCUT2D eigenvalue weighted by Gasteiger charge is -2.21. The average molecular weight is 242 g/mol. The fourth-order valence-corrected chi connectivity index (χ4v) is 2.91. The predicted molar refractivity (Wildman–Crippen MR) is 64.8 cm³/mol. The maximum Gasteiger partial charge on any atom is 0.232 e. The molecule has 1 aliphatic heterocycles. The predicted octanol–water partition coefficient (Wildman–Crippen LogP) is 0.138. The van der Waals surface area contributed by atoms with E-state index in [9.17, 15) is 9.90 Å². The number of nitrogens with zero attached hydrogens (tertiary/aromatic N) is 1. The van der Waals surface area contributed by atoms with E-state index in [-0.39, 0.29) is 28.8 Å². The molecule has 2 aliphatic rings. The molecule has 4 nitrogen and oxygen atoms in total. The van der Waals surface area contributed by atoms with Crippen molar-refractivity contribution in [3.63, 3.8) is 0 Å². The molecular weight excluding hydrogens is 224 g/mol. The number of rotatable bonds is 2. The van der Waals surface area contributed by atoms with Gasteiger partial charge in [0, 0.05) is 19.0 Å². The van der Waals surface area contributed by atoms with Gasteiger partial charge in [-0.25, -0.2) is 0 Å². The number of amides is 1. The second-order valence-corrected chi connectivity index (χ2v) is 5.41. The molecule has 4 atom stereocenters. The number of aliphatic hydroxyl groups excluding tert-OH is 1. The number of likely N-dealkylation sites (tertiary alicyclic amines) is 1. The molecule has 0 spiro atoms. The van der Waals surface area contributed by atoms with Crippen LogP contribution in [0.25, 0.3) is 0 Å². The molecule has 0 aromatic heterocycles. The highest BCUT2D eigenvalue weighted by atomic mass is 32.1. The van der Waals surface area contributed by atoms with Gasteiger partial charge in [-0.1, -0.05) is 12.2 Å². The summed E-state index contributed by atoms with van der Waals surface area (Å²) in [7, 11) is 0. The number of hydrogen-bond donors (Lipinski definition) is 2. The molecule has 5 heteroatoms. The van der Waals surface area contributed by atoms with Crippen molar-refractivity contribution in [2.24, 2.45) is 23.5 Å². The highest BCUT2D eigenvalue weighted by molar-refractivity contribution is 7.80. The van der Waals surface area contributed by atoms with Gasteiger partial charge in [0.15, 0.2) is 0 Å². The van der Waals surface area contributed by atoms with E-state index < -0.39 is 0 Å². The fourth-order valence-electron chi connectivity index (χ4n) is 2.81. The van der Waals surface area contributed by atoms with Crippen molar-refractivity contribution in [3.05, 3.63) is 0 Å².